The van der Waals surface area contributed by atoms with Crippen LogP contribution in [0.2, 0.25) is 0 Å². The molecule has 2 aromatic heterocycles. The van der Waals surface area contributed by atoms with Crippen LogP contribution in [0.5, 0.6) is 0 Å². The number of hydrogen-bond acceptors (Lipinski definition) is 3. The summed E-state index contributed by atoms with van der Waals surface area (Å²) in [5.41, 5.74) is 14.0. The number of allylic oxidation sites excluding steroid dienone is 2. The fourth-order valence-electron chi connectivity index (χ4n) is 8.41. The highest BCUT2D eigenvalue weighted by Gasteiger charge is 2.27. The Kier molecular flexibility index (Phi) is 6.89. The third-order valence-electron chi connectivity index (χ3n) is 10.9. The summed E-state index contributed by atoms with van der Waals surface area (Å²) >= 11 is 0. The number of benzene rings is 7. The van der Waals surface area contributed by atoms with Gasteiger partial charge in [0.25, 0.3) is 0 Å². The highest BCUT2D eigenvalue weighted by Crippen LogP contribution is 2.42. The summed E-state index contributed by atoms with van der Waals surface area (Å²) in [7, 11) is 0. The van der Waals surface area contributed by atoms with Crippen LogP contribution in [0.3, 0.4) is 0 Å². The number of nitrogens with zero attached hydrogens (tertiary/aromatic N) is 2. The molecule has 0 saturated carbocycles. The maximum Gasteiger partial charge on any atom is 0.159 e. The molecular formula is C50H33N3O. The number of para-hydroxylation sites is 2. The summed E-state index contributed by atoms with van der Waals surface area (Å²) in [5.74, 6) is 0.828. The van der Waals surface area contributed by atoms with Gasteiger partial charge in [0.1, 0.15) is 11.4 Å². The van der Waals surface area contributed by atoms with E-state index in [1.807, 2.05) is 0 Å². The zero-order valence-corrected chi connectivity index (χ0v) is 29.3. The minimum Gasteiger partial charge on any atom is -0.454 e. The van der Waals surface area contributed by atoms with Gasteiger partial charge in [0.2, 0.25) is 0 Å². The van der Waals surface area contributed by atoms with E-state index >= 15 is 0 Å². The largest absolute Gasteiger partial charge is 0.454 e. The minimum atomic E-state index is -0.00769. The second-order valence-electron chi connectivity index (χ2n) is 13.9. The predicted octanol–water partition coefficient (Wildman–Crippen LogP) is 12.3. The lowest BCUT2D eigenvalue weighted by atomic mass is 9.93. The number of aromatic nitrogens is 1. The van der Waals surface area contributed by atoms with E-state index in [4.69, 9.17) is 9.41 Å². The number of amidine groups is 1. The second-order valence-corrected chi connectivity index (χ2v) is 13.9. The van der Waals surface area contributed by atoms with Crippen LogP contribution in [-0.4, -0.2) is 16.4 Å². The van der Waals surface area contributed by atoms with Gasteiger partial charge in [0.15, 0.2) is 5.58 Å². The lowest BCUT2D eigenvalue weighted by Crippen LogP contribution is -2.39. The van der Waals surface area contributed by atoms with Crippen molar-refractivity contribution in [2.24, 2.45) is 4.99 Å². The molecule has 4 nitrogen and oxygen atoms in total. The molecule has 254 valence electrons. The summed E-state index contributed by atoms with van der Waals surface area (Å²) in [6, 6.07) is 58.0. The van der Waals surface area contributed by atoms with Crippen molar-refractivity contribution < 1.29 is 4.42 Å². The lowest BCUT2D eigenvalue weighted by Gasteiger charge is -2.28. The molecular weight excluding hydrogens is 659 g/mol. The molecule has 4 heteroatoms. The van der Waals surface area contributed by atoms with E-state index in [1.54, 1.807) is 0 Å². The van der Waals surface area contributed by atoms with Crippen molar-refractivity contribution in [3.63, 3.8) is 0 Å². The quantitative estimate of drug-likeness (QED) is 0.195. The fraction of sp³-hybridized carbons (Fsp3) is 0.0200. The van der Waals surface area contributed by atoms with Crippen LogP contribution >= 0.6 is 0 Å². The number of fused-ring (bicyclic) bond motifs is 7. The first-order valence-electron chi connectivity index (χ1n) is 18.4. The summed E-state index contributed by atoms with van der Waals surface area (Å²) in [5, 5.41) is 8.31. The number of rotatable bonds is 5. The third kappa shape index (κ3) is 4.74. The third-order valence-corrected chi connectivity index (χ3v) is 10.9. The van der Waals surface area contributed by atoms with E-state index in [9.17, 15) is 0 Å². The van der Waals surface area contributed by atoms with Crippen molar-refractivity contribution in [1.82, 2.24) is 9.88 Å². The van der Waals surface area contributed by atoms with Crippen LogP contribution in [-0.2, 0) is 0 Å². The smallest absolute Gasteiger partial charge is 0.159 e. The summed E-state index contributed by atoms with van der Waals surface area (Å²) < 4.78 is 9.25. The highest BCUT2D eigenvalue weighted by molar-refractivity contribution is 6.21. The SMILES string of the molecule is C1=CC2=C(c3ccc(-c4ccccc4)cc3)N=C(c3cccc4oc5c(-n6c7ccccc7c7c(-c8ccccc8)cccc76)cccc5c34)NC2C=C1. The van der Waals surface area contributed by atoms with Crippen molar-refractivity contribution in [3.8, 4) is 27.9 Å². The monoisotopic (exact) mass is 691 g/mol. The van der Waals surface area contributed by atoms with Crippen LogP contribution in [0.4, 0.5) is 0 Å². The summed E-state index contributed by atoms with van der Waals surface area (Å²) in [4.78, 5) is 5.39. The number of hydrogen-bond donors (Lipinski definition) is 1. The van der Waals surface area contributed by atoms with E-state index in [0.717, 1.165) is 66.9 Å². The predicted molar refractivity (Wildman–Crippen MR) is 224 cm³/mol. The first-order chi connectivity index (χ1) is 26.8. The van der Waals surface area contributed by atoms with Gasteiger partial charge in [-0.3, -0.25) is 0 Å². The van der Waals surface area contributed by atoms with E-state index in [-0.39, 0.29) is 6.04 Å². The highest BCUT2D eigenvalue weighted by atomic mass is 16.3. The van der Waals surface area contributed by atoms with Gasteiger partial charge < -0.3 is 14.3 Å². The molecule has 1 aliphatic carbocycles. The summed E-state index contributed by atoms with van der Waals surface area (Å²) in [6.45, 7) is 0. The topological polar surface area (TPSA) is 42.5 Å². The van der Waals surface area contributed by atoms with Gasteiger partial charge in [0, 0.05) is 38.2 Å². The van der Waals surface area contributed by atoms with Gasteiger partial charge in [-0.15, -0.1) is 0 Å². The van der Waals surface area contributed by atoms with Crippen molar-refractivity contribution >= 4 is 55.3 Å². The first kappa shape index (κ1) is 30.5. The Hall–Kier alpha value is -7.17. The molecule has 7 aromatic carbocycles. The molecule has 54 heavy (non-hydrogen) atoms. The molecule has 0 radical (unpaired) electrons. The van der Waals surface area contributed by atoms with Gasteiger partial charge >= 0.3 is 0 Å². The Labute approximate surface area is 312 Å². The van der Waals surface area contributed by atoms with E-state index in [2.05, 4.69) is 198 Å². The van der Waals surface area contributed by atoms with Crippen molar-refractivity contribution in [3.05, 3.63) is 205 Å². The Morgan fingerprint density at radius 2 is 1.19 bits per heavy atom. The Balaban J connectivity index is 1.09. The normalized spacial score (nSPS) is 15.3. The molecule has 1 N–H and O–H groups in total. The average molecular weight is 692 g/mol. The Morgan fingerprint density at radius 1 is 0.519 bits per heavy atom. The van der Waals surface area contributed by atoms with Gasteiger partial charge in [-0.05, 0) is 46.5 Å². The van der Waals surface area contributed by atoms with Crippen molar-refractivity contribution in [2.75, 3.05) is 0 Å². The van der Waals surface area contributed by atoms with Crippen LogP contribution in [0.15, 0.2) is 203 Å². The first-order valence-corrected chi connectivity index (χ1v) is 18.4. The maximum atomic E-state index is 6.88. The molecule has 9 aromatic rings. The fourth-order valence-corrected chi connectivity index (χ4v) is 8.41. The van der Waals surface area contributed by atoms with Crippen LogP contribution < -0.4 is 5.32 Å². The van der Waals surface area contributed by atoms with Gasteiger partial charge in [0.05, 0.1) is 28.5 Å². The minimum absolute atomic E-state index is 0.00769. The molecule has 1 atom stereocenters. The zero-order valence-electron chi connectivity index (χ0n) is 29.3. The van der Waals surface area contributed by atoms with Gasteiger partial charge in [-0.25, -0.2) is 4.99 Å². The molecule has 1 aliphatic heterocycles. The average Bonchev–Trinajstić information content (AvgIpc) is 3.80. The molecule has 3 heterocycles. The second kappa shape index (κ2) is 12.2. The van der Waals surface area contributed by atoms with E-state index in [1.165, 1.54) is 33.0 Å². The van der Waals surface area contributed by atoms with Crippen molar-refractivity contribution in [2.45, 2.75) is 6.04 Å². The zero-order chi connectivity index (χ0) is 35.6. The lowest BCUT2D eigenvalue weighted by molar-refractivity contribution is 0.666. The molecule has 11 rings (SSSR count). The standard InChI is InChI=1S/C50H33N3O/c1-3-14-32(15-4-1)33-28-30-35(31-29-33)48-37-18-7-9-23-41(37)51-50(52-48)40-22-13-27-45-47(40)39-21-12-26-44(49(39)54-45)53-42-24-10-8-19-38(42)46-36(20-11-25-43(46)53)34-16-5-2-6-17-34/h1-31,41H,(H,51,52). The molecule has 2 aliphatic rings. The van der Waals surface area contributed by atoms with Gasteiger partial charge in [-0.1, -0.05) is 164 Å². The maximum absolute atomic E-state index is 6.88. The molecule has 0 amide bonds. The van der Waals surface area contributed by atoms with Crippen LogP contribution in [0.1, 0.15) is 11.1 Å². The molecule has 1 unspecified atom stereocenters. The van der Waals surface area contributed by atoms with Crippen LogP contribution in [0.25, 0.3) is 77.4 Å². The molecule has 0 saturated heterocycles. The Morgan fingerprint density at radius 3 is 2.04 bits per heavy atom. The molecule has 0 fully saturated rings. The number of furan rings is 1. The van der Waals surface area contributed by atoms with Crippen molar-refractivity contribution in [1.29, 1.82) is 0 Å². The molecule has 0 bridgehead atoms. The Bertz CT molecular complexity index is 3050. The van der Waals surface area contributed by atoms with E-state index < -0.39 is 0 Å². The summed E-state index contributed by atoms with van der Waals surface area (Å²) in [6.07, 6.45) is 8.58. The van der Waals surface area contributed by atoms with Crippen LogP contribution in [0, 0.1) is 0 Å². The number of aliphatic imine (C=N–C) groups is 1. The number of nitrogens with one attached hydrogen (secondary N) is 1. The van der Waals surface area contributed by atoms with E-state index in [0.29, 0.717) is 0 Å². The molecule has 0 spiro atoms. The van der Waals surface area contributed by atoms with Gasteiger partial charge in [-0.2, -0.15) is 0 Å².